The first kappa shape index (κ1) is 9.85. The molecule has 0 spiro atoms. The van der Waals surface area contributed by atoms with Gasteiger partial charge in [0.15, 0.2) is 0 Å². The molecule has 1 aromatic rings. The largest absolute Gasteiger partial charge is 0.389 e. The van der Waals surface area contributed by atoms with Crippen molar-refractivity contribution in [2.45, 2.75) is 25.4 Å². The molecule has 1 amide bonds. The van der Waals surface area contributed by atoms with Crippen LogP contribution in [0, 0.1) is 0 Å². The van der Waals surface area contributed by atoms with Crippen LogP contribution in [0.2, 0.25) is 0 Å². The number of carbonyl (C=O) groups is 1. The molecule has 1 heterocycles. The number of rotatable bonds is 1. The molecule has 2 aliphatic rings. The molecule has 0 saturated carbocycles. The Labute approximate surface area is 94.7 Å². The van der Waals surface area contributed by atoms with Gasteiger partial charge < -0.3 is 10.0 Å². The van der Waals surface area contributed by atoms with E-state index in [9.17, 15) is 9.90 Å². The Bertz CT molecular complexity index is 436. The van der Waals surface area contributed by atoms with Gasteiger partial charge in [-0.25, -0.2) is 0 Å². The average molecular weight is 217 g/mol. The second-order valence-corrected chi connectivity index (χ2v) is 4.70. The Balaban J connectivity index is 1.82. The van der Waals surface area contributed by atoms with Crippen LogP contribution in [-0.4, -0.2) is 35.1 Å². The second-order valence-electron chi connectivity index (χ2n) is 4.70. The molecule has 0 radical (unpaired) electrons. The lowest BCUT2D eigenvalue weighted by molar-refractivity contribution is 0.00589. The molecule has 1 aliphatic heterocycles. The number of hydrogen-bond donors (Lipinski definition) is 1. The maximum atomic E-state index is 12.0. The molecule has 1 aliphatic carbocycles. The summed E-state index contributed by atoms with van der Waals surface area (Å²) in [6.07, 6.45) is 3.12. The summed E-state index contributed by atoms with van der Waals surface area (Å²) >= 11 is 0. The molecule has 1 N–H and O–H groups in total. The van der Waals surface area contributed by atoms with Gasteiger partial charge in [-0.05, 0) is 42.5 Å². The lowest BCUT2D eigenvalue weighted by atomic mass is 10.0. The molecule has 0 atom stereocenters. The number of aryl methyl sites for hydroxylation is 2. The summed E-state index contributed by atoms with van der Waals surface area (Å²) in [7, 11) is 0. The second kappa shape index (κ2) is 3.59. The van der Waals surface area contributed by atoms with Crippen LogP contribution in [-0.2, 0) is 12.8 Å². The van der Waals surface area contributed by atoms with E-state index in [2.05, 4.69) is 6.07 Å². The monoisotopic (exact) mass is 217 g/mol. The number of amides is 1. The van der Waals surface area contributed by atoms with Crippen LogP contribution in [0.15, 0.2) is 18.2 Å². The third-order valence-electron chi connectivity index (χ3n) is 3.49. The predicted octanol–water partition coefficient (Wildman–Crippen LogP) is 0.992. The number of fused-ring (bicyclic) bond motifs is 1. The molecule has 3 nitrogen and oxygen atoms in total. The topological polar surface area (TPSA) is 40.5 Å². The number of nitrogens with zero attached hydrogens (tertiary/aromatic N) is 1. The first-order chi connectivity index (χ1) is 7.74. The molecule has 3 heteroatoms. The van der Waals surface area contributed by atoms with E-state index in [1.54, 1.807) is 4.90 Å². The number of benzene rings is 1. The van der Waals surface area contributed by atoms with Crippen molar-refractivity contribution < 1.29 is 9.90 Å². The first-order valence-electron chi connectivity index (χ1n) is 5.83. The Hall–Kier alpha value is -1.35. The maximum Gasteiger partial charge on any atom is 0.254 e. The minimum Gasteiger partial charge on any atom is -0.389 e. The summed E-state index contributed by atoms with van der Waals surface area (Å²) in [5, 5.41) is 9.18. The van der Waals surface area contributed by atoms with Gasteiger partial charge in [-0.3, -0.25) is 4.79 Å². The van der Waals surface area contributed by atoms with Crippen molar-refractivity contribution in [2.24, 2.45) is 0 Å². The van der Waals surface area contributed by atoms with Crippen LogP contribution in [0.4, 0.5) is 0 Å². The van der Waals surface area contributed by atoms with Gasteiger partial charge in [0.2, 0.25) is 0 Å². The van der Waals surface area contributed by atoms with Gasteiger partial charge in [0.25, 0.3) is 5.91 Å². The van der Waals surface area contributed by atoms with E-state index in [0.717, 1.165) is 18.4 Å². The van der Waals surface area contributed by atoms with Crippen molar-refractivity contribution in [3.05, 3.63) is 34.9 Å². The van der Waals surface area contributed by atoms with Crippen LogP contribution >= 0.6 is 0 Å². The quantitative estimate of drug-likeness (QED) is 0.762. The minimum absolute atomic E-state index is 0.0556. The van der Waals surface area contributed by atoms with Gasteiger partial charge in [-0.15, -0.1) is 0 Å². The van der Waals surface area contributed by atoms with Crippen molar-refractivity contribution in [3.8, 4) is 0 Å². The minimum atomic E-state index is -0.321. The molecule has 0 bridgehead atoms. The summed E-state index contributed by atoms with van der Waals surface area (Å²) in [6, 6.07) is 6.01. The number of likely N-dealkylation sites (tertiary alicyclic amines) is 1. The molecular weight excluding hydrogens is 202 g/mol. The molecule has 1 saturated heterocycles. The fourth-order valence-electron chi connectivity index (χ4n) is 2.51. The number of aliphatic hydroxyl groups is 1. The fourth-order valence-corrected chi connectivity index (χ4v) is 2.51. The van der Waals surface area contributed by atoms with Crippen LogP contribution in [0.3, 0.4) is 0 Å². The van der Waals surface area contributed by atoms with Gasteiger partial charge in [-0.2, -0.15) is 0 Å². The highest BCUT2D eigenvalue weighted by molar-refractivity contribution is 5.95. The predicted molar refractivity (Wildman–Crippen MR) is 60.4 cm³/mol. The van der Waals surface area contributed by atoms with Gasteiger partial charge in [0.1, 0.15) is 0 Å². The SMILES string of the molecule is O=C(c1ccc2c(c1)CCC2)N1CC(O)C1. The lowest BCUT2D eigenvalue weighted by Gasteiger charge is -2.35. The summed E-state index contributed by atoms with van der Waals surface area (Å²) in [6.45, 7) is 0.964. The van der Waals surface area contributed by atoms with Gasteiger partial charge in [-0.1, -0.05) is 6.07 Å². The van der Waals surface area contributed by atoms with Crippen molar-refractivity contribution >= 4 is 5.91 Å². The Kier molecular flexibility index (Phi) is 2.21. The fraction of sp³-hybridized carbons (Fsp3) is 0.462. The standard InChI is InChI=1S/C13H15NO2/c15-12-7-14(8-12)13(16)11-5-4-9-2-1-3-10(9)6-11/h4-6,12,15H,1-3,7-8H2. The zero-order valence-electron chi connectivity index (χ0n) is 9.15. The number of aliphatic hydroxyl groups excluding tert-OH is 1. The van der Waals surface area contributed by atoms with Gasteiger partial charge >= 0.3 is 0 Å². The van der Waals surface area contributed by atoms with Crippen LogP contribution < -0.4 is 0 Å². The van der Waals surface area contributed by atoms with Crippen LogP contribution in [0.1, 0.15) is 27.9 Å². The number of carbonyl (C=O) groups excluding carboxylic acids is 1. The first-order valence-corrected chi connectivity index (χ1v) is 5.83. The van der Waals surface area contributed by atoms with Crippen molar-refractivity contribution in [1.29, 1.82) is 0 Å². The van der Waals surface area contributed by atoms with E-state index in [1.807, 2.05) is 12.1 Å². The van der Waals surface area contributed by atoms with E-state index in [0.29, 0.717) is 13.1 Å². The summed E-state index contributed by atoms with van der Waals surface area (Å²) < 4.78 is 0. The van der Waals surface area contributed by atoms with E-state index >= 15 is 0 Å². The summed E-state index contributed by atoms with van der Waals surface area (Å²) in [5.74, 6) is 0.0556. The van der Waals surface area contributed by atoms with Crippen LogP contribution in [0.25, 0.3) is 0 Å². The van der Waals surface area contributed by atoms with Crippen molar-refractivity contribution in [2.75, 3.05) is 13.1 Å². The highest BCUT2D eigenvalue weighted by atomic mass is 16.3. The molecule has 1 fully saturated rings. The third kappa shape index (κ3) is 1.52. The van der Waals surface area contributed by atoms with Crippen LogP contribution in [0.5, 0.6) is 0 Å². The molecule has 3 rings (SSSR count). The molecule has 0 aromatic heterocycles. The highest BCUT2D eigenvalue weighted by Gasteiger charge is 2.29. The van der Waals surface area contributed by atoms with E-state index in [1.165, 1.54) is 17.5 Å². The summed E-state index contributed by atoms with van der Waals surface area (Å²) in [4.78, 5) is 13.7. The number of β-amino-alcohol motifs (C(OH)–C–C–N with tert-alkyl or cyclic N) is 1. The van der Waals surface area contributed by atoms with Gasteiger partial charge in [0.05, 0.1) is 6.10 Å². The van der Waals surface area contributed by atoms with Crippen molar-refractivity contribution in [3.63, 3.8) is 0 Å². The Morgan fingerprint density at radius 2 is 2.00 bits per heavy atom. The average Bonchev–Trinajstić information content (AvgIpc) is 2.70. The molecule has 1 aromatic carbocycles. The summed E-state index contributed by atoms with van der Waals surface area (Å²) in [5.41, 5.74) is 3.49. The van der Waals surface area contributed by atoms with Crippen molar-refractivity contribution in [1.82, 2.24) is 4.90 Å². The molecule has 0 unspecified atom stereocenters. The molecule has 84 valence electrons. The third-order valence-corrected chi connectivity index (χ3v) is 3.49. The Morgan fingerprint density at radius 1 is 1.25 bits per heavy atom. The normalized spacial score (nSPS) is 19.4. The van der Waals surface area contributed by atoms with Gasteiger partial charge in [0, 0.05) is 18.7 Å². The zero-order chi connectivity index (χ0) is 11.1. The highest BCUT2D eigenvalue weighted by Crippen LogP contribution is 2.24. The van der Waals surface area contributed by atoms with E-state index < -0.39 is 0 Å². The zero-order valence-corrected chi connectivity index (χ0v) is 9.15. The number of hydrogen-bond acceptors (Lipinski definition) is 2. The lowest BCUT2D eigenvalue weighted by Crippen LogP contribution is -2.53. The Morgan fingerprint density at radius 3 is 2.75 bits per heavy atom. The van der Waals surface area contributed by atoms with E-state index in [4.69, 9.17) is 0 Å². The molecular formula is C13H15NO2. The maximum absolute atomic E-state index is 12.0. The van der Waals surface area contributed by atoms with E-state index in [-0.39, 0.29) is 12.0 Å². The molecule has 16 heavy (non-hydrogen) atoms. The smallest absolute Gasteiger partial charge is 0.254 e.